The van der Waals surface area contributed by atoms with Crippen LogP contribution in [0.2, 0.25) is 0 Å². The Morgan fingerprint density at radius 2 is 1.46 bits per heavy atom. The molecule has 0 saturated heterocycles. The van der Waals surface area contributed by atoms with Gasteiger partial charge >= 0.3 is 0 Å². The predicted octanol–water partition coefficient (Wildman–Crippen LogP) is 4.71. The quantitative estimate of drug-likeness (QED) is 0.498. The number of rotatable bonds is 0. The van der Waals surface area contributed by atoms with Gasteiger partial charge in [0.1, 0.15) is 17.2 Å². The Morgan fingerprint density at radius 1 is 0.821 bits per heavy atom. The smallest absolute Gasteiger partial charge is 0.115 e. The summed E-state index contributed by atoms with van der Waals surface area (Å²) in [6.45, 7) is 2.32. The molecule has 4 heteroatoms. The summed E-state index contributed by atoms with van der Waals surface area (Å²) in [5.41, 5.74) is 2.99. The second-order valence-corrected chi connectivity index (χ2v) is 8.95. The van der Waals surface area contributed by atoms with Gasteiger partial charge < -0.3 is 20.4 Å². The van der Waals surface area contributed by atoms with Gasteiger partial charge in [-0.1, -0.05) is 13.0 Å². The number of fused-ring (bicyclic) bond motifs is 5. The standard InChI is InChI=1S/C18H24O2.C6H6O2/c1-18-9-8-14-13-5-3-12(19)10-11(13)2-4-15(14)16(18)6-7-17(18)20;7-5-1-2-6(8)4-3-5/h3,5,10,14-17,19-20H,2,4,6-9H2,1H3;1-4,7-8H/t14-,15-,16+,17+,18+;/m1./s1. The Balaban J connectivity index is 0.000000203. The summed E-state index contributed by atoms with van der Waals surface area (Å²) >= 11 is 0. The van der Waals surface area contributed by atoms with Crippen LogP contribution in [0.4, 0.5) is 0 Å². The molecule has 0 unspecified atom stereocenters. The maximum Gasteiger partial charge on any atom is 0.115 e. The molecule has 150 valence electrons. The molecule has 0 bridgehead atoms. The number of hydrogen-bond acceptors (Lipinski definition) is 4. The van der Waals surface area contributed by atoms with E-state index in [9.17, 15) is 10.2 Å². The normalized spacial score (nSPS) is 33.1. The number of aromatic hydroxyl groups is 3. The second kappa shape index (κ2) is 7.32. The van der Waals surface area contributed by atoms with E-state index in [2.05, 4.69) is 13.0 Å². The number of aryl methyl sites for hydroxylation is 1. The van der Waals surface area contributed by atoms with Gasteiger partial charge in [0.25, 0.3) is 0 Å². The molecule has 0 radical (unpaired) electrons. The molecule has 3 aliphatic carbocycles. The van der Waals surface area contributed by atoms with Crippen molar-refractivity contribution in [3.8, 4) is 17.2 Å². The van der Waals surface area contributed by atoms with Crippen LogP contribution in [0.15, 0.2) is 42.5 Å². The predicted molar refractivity (Wildman–Crippen MR) is 109 cm³/mol. The summed E-state index contributed by atoms with van der Waals surface area (Å²) in [7, 11) is 0. The maximum absolute atomic E-state index is 10.4. The summed E-state index contributed by atoms with van der Waals surface area (Å²) in [5.74, 6) is 2.83. The van der Waals surface area contributed by atoms with Crippen molar-refractivity contribution in [2.45, 2.75) is 57.5 Å². The van der Waals surface area contributed by atoms with Gasteiger partial charge in [0.15, 0.2) is 0 Å². The Kier molecular flexibility index (Phi) is 5.00. The fraction of sp³-hybridized carbons (Fsp3) is 0.500. The van der Waals surface area contributed by atoms with E-state index in [4.69, 9.17) is 10.2 Å². The topological polar surface area (TPSA) is 80.9 Å². The van der Waals surface area contributed by atoms with Crippen molar-refractivity contribution in [1.29, 1.82) is 0 Å². The average molecular weight is 382 g/mol. The molecular formula is C24H30O4. The molecule has 28 heavy (non-hydrogen) atoms. The summed E-state index contributed by atoms with van der Waals surface area (Å²) in [5, 5.41) is 37.3. The van der Waals surface area contributed by atoms with E-state index in [1.165, 1.54) is 54.7 Å². The molecule has 0 spiro atoms. The summed E-state index contributed by atoms with van der Waals surface area (Å²) < 4.78 is 0. The van der Waals surface area contributed by atoms with Crippen molar-refractivity contribution >= 4 is 0 Å². The number of benzene rings is 2. The molecule has 0 amide bonds. The second-order valence-electron chi connectivity index (χ2n) is 8.95. The monoisotopic (exact) mass is 382 g/mol. The minimum Gasteiger partial charge on any atom is -0.508 e. The lowest BCUT2D eigenvalue weighted by Crippen LogP contribution is -2.43. The molecule has 2 saturated carbocycles. The summed E-state index contributed by atoms with van der Waals surface area (Å²) in [6, 6.07) is 11.7. The molecule has 2 fully saturated rings. The van der Waals surface area contributed by atoms with Crippen LogP contribution in [0.25, 0.3) is 0 Å². The zero-order valence-electron chi connectivity index (χ0n) is 16.4. The minimum atomic E-state index is -0.0883. The zero-order chi connectivity index (χ0) is 19.9. The molecule has 4 N–H and O–H groups in total. The van der Waals surface area contributed by atoms with Gasteiger partial charge in [0, 0.05) is 0 Å². The van der Waals surface area contributed by atoms with Crippen LogP contribution in [-0.2, 0) is 6.42 Å². The molecule has 5 rings (SSSR count). The van der Waals surface area contributed by atoms with E-state index in [-0.39, 0.29) is 23.0 Å². The van der Waals surface area contributed by atoms with Gasteiger partial charge in [-0.3, -0.25) is 0 Å². The van der Waals surface area contributed by atoms with Crippen LogP contribution < -0.4 is 0 Å². The van der Waals surface area contributed by atoms with Gasteiger partial charge in [0.05, 0.1) is 6.10 Å². The van der Waals surface area contributed by atoms with E-state index in [0.717, 1.165) is 25.2 Å². The number of phenolic OH excluding ortho intramolecular Hbond substituents is 3. The Labute approximate surface area is 166 Å². The third-order valence-electron chi connectivity index (χ3n) is 7.51. The van der Waals surface area contributed by atoms with Crippen LogP contribution >= 0.6 is 0 Å². The van der Waals surface area contributed by atoms with Gasteiger partial charge in [-0.2, -0.15) is 0 Å². The van der Waals surface area contributed by atoms with Gasteiger partial charge in [-0.25, -0.2) is 0 Å². The van der Waals surface area contributed by atoms with E-state index in [1.54, 1.807) is 0 Å². The number of phenols is 3. The summed E-state index contributed by atoms with van der Waals surface area (Å²) in [4.78, 5) is 0. The highest BCUT2D eigenvalue weighted by Gasteiger charge is 2.54. The van der Waals surface area contributed by atoms with E-state index in [0.29, 0.717) is 17.6 Å². The highest BCUT2D eigenvalue weighted by atomic mass is 16.3. The van der Waals surface area contributed by atoms with Crippen LogP contribution in [0.1, 0.15) is 56.1 Å². The van der Waals surface area contributed by atoms with Crippen molar-refractivity contribution in [2.75, 3.05) is 0 Å². The van der Waals surface area contributed by atoms with E-state index in [1.807, 2.05) is 12.1 Å². The van der Waals surface area contributed by atoms with Crippen LogP contribution in [-0.4, -0.2) is 26.5 Å². The molecular weight excluding hydrogens is 352 g/mol. The van der Waals surface area contributed by atoms with Crippen LogP contribution in [0, 0.1) is 17.3 Å². The first-order valence-electron chi connectivity index (χ1n) is 10.4. The van der Waals surface area contributed by atoms with Crippen molar-refractivity contribution in [1.82, 2.24) is 0 Å². The molecule has 4 nitrogen and oxygen atoms in total. The molecule has 0 aromatic heterocycles. The molecule has 0 heterocycles. The highest BCUT2D eigenvalue weighted by Crippen LogP contribution is 2.60. The molecule has 5 atom stereocenters. The lowest BCUT2D eigenvalue weighted by Gasteiger charge is -2.50. The Bertz CT molecular complexity index is 810. The van der Waals surface area contributed by atoms with Crippen molar-refractivity contribution in [3.63, 3.8) is 0 Å². The Hall–Kier alpha value is -2.20. The number of aliphatic hydroxyl groups is 1. The fourth-order valence-corrected chi connectivity index (χ4v) is 5.99. The van der Waals surface area contributed by atoms with Crippen LogP contribution in [0.5, 0.6) is 17.2 Å². The lowest BCUT2D eigenvalue weighted by atomic mass is 9.55. The minimum absolute atomic E-state index is 0.0883. The lowest BCUT2D eigenvalue weighted by molar-refractivity contribution is -0.0226. The Morgan fingerprint density at radius 3 is 2.14 bits per heavy atom. The SMILES string of the molecule is C[C@]12CC[C@@H]3c4ccc(O)cc4CC[C@H]3[C@@H]1CC[C@@H]2O.Oc1ccc(O)cc1. The number of hydrogen-bond donors (Lipinski definition) is 4. The third-order valence-corrected chi connectivity index (χ3v) is 7.51. The van der Waals surface area contributed by atoms with Crippen molar-refractivity contribution < 1.29 is 20.4 Å². The molecule has 2 aromatic carbocycles. The highest BCUT2D eigenvalue weighted by molar-refractivity contribution is 5.40. The third kappa shape index (κ3) is 3.35. The first kappa shape index (κ1) is 19.1. The van der Waals surface area contributed by atoms with Crippen molar-refractivity contribution in [3.05, 3.63) is 53.6 Å². The largest absolute Gasteiger partial charge is 0.508 e. The zero-order valence-corrected chi connectivity index (χ0v) is 16.4. The number of aliphatic hydroxyl groups excluding tert-OH is 1. The molecule has 0 aliphatic heterocycles. The first-order valence-corrected chi connectivity index (χ1v) is 10.4. The summed E-state index contributed by atoms with van der Waals surface area (Å²) in [6.07, 6.45) is 6.78. The van der Waals surface area contributed by atoms with E-state index < -0.39 is 0 Å². The van der Waals surface area contributed by atoms with Crippen molar-refractivity contribution in [2.24, 2.45) is 17.3 Å². The van der Waals surface area contributed by atoms with Gasteiger partial charge in [0.2, 0.25) is 0 Å². The first-order chi connectivity index (χ1) is 13.4. The maximum atomic E-state index is 10.4. The fourth-order valence-electron chi connectivity index (χ4n) is 5.99. The molecule has 3 aliphatic rings. The molecule has 2 aromatic rings. The van der Waals surface area contributed by atoms with E-state index >= 15 is 0 Å². The van der Waals surface area contributed by atoms with Gasteiger partial charge in [-0.05, 0) is 109 Å². The van der Waals surface area contributed by atoms with Gasteiger partial charge in [-0.15, -0.1) is 0 Å². The average Bonchev–Trinajstić information content (AvgIpc) is 2.99. The van der Waals surface area contributed by atoms with Crippen LogP contribution in [0.3, 0.4) is 0 Å².